The maximum Gasteiger partial charge on any atom is 0.355 e. The fourth-order valence-electron chi connectivity index (χ4n) is 0.196. The summed E-state index contributed by atoms with van der Waals surface area (Å²) >= 11 is 4.71. The maximum atomic E-state index is 10.0. The van der Waals surface area contributed by atoms with Crippen LogP contribution in [0.4, 0.5) is 0 Å². The Kier molecular flexibility index (Phi) is 3.08. The van der Waals surface area contributed by atoms with E-state index in [2.05, 4.69) is 0 Å². The van der Waals surface area contributed by atoms with Gasteiger partial charge >= 0.3 is 15.2 Å². The molecule has 0 fully saturated rings. The lowest BCUT2D eigenvalue weighted by Gasteiger charge is -2.11. The second-order valence-corrected chi connectivity index (χ2v) is 6.33. The molecule has 0 amide bonds. The lowest BCUT2D eigenvalue weighted by Crippen LogP contribution is -1.99. The Morgan fingerprint density at radius 3 is 1.20 bits per heavy atom. The van der Waals surface area contributed by atoms with Crippen LogP contribution in [0, 0.1) is 0 Å². The Morgan fingerprint density at radius 2 is 1.20 bits per heavy atom. The third-order valence-corrected chi connectivity index (χ3v) is 5.00. The summed E-state index contributed by atoms with van der Waals surface area (Å²) in [7, 11) is -9.75. The summed E-state index contributed by atoms with van der Waals surface area (Å²) in [6, 6.07) is 0. The molecular formula is CH5ClO6P2. The number of hydrogen-bond donors (Lipinski definition) is 4. The molecule has 62 valence electrons. The zero-order valence-electron chi connectivity index (χ0n) is 4.46. The van der Waals surface area contributed by atoms with Crippen molar-refractivity contribution in [1.82, 2.24) is 0 Å². The number of alkyl halides is 1. The number of hydrogen-bond acceptors (Lipinski definition) is 2. The molecule has 0 bridgehead atoms. The zero-order valence-corrected chi connectivity index (χ0v) is 7.00. The molecule has 0 saturated carbocycles. The highest BCUT2D eigenvalue weighted by atomic mass is 35.5. The molecule has 0 aliphatic carbocycles. The minimum Gasteiger partial charge on any atom is -0.323 e. The van der Waals surface area contributed by atoms with Gasteiger partial charge < -0.3 is 19.6 Å². The van der Waals surface area contributed by atoms with Gasteiger partial charge in [-0.15, -0.1) is 0 Å². The van der Waals surface area contributed by atoms with Crippen molar-refractivity contribution in [3.05, 3.63) is 0 Å². The molecule has 0 aromatic carbocycles. The van der Waals surface area contributed by atoms with Gasteiger partial charge in [0.25, 0.3) is 0 Å². The number of halogens is 1. The van der Waals surface area contributed by atoms with Crippen LogP contribution < -0.4 is 0 Å². The highest BCUT2D eigenvalue weighted by molar-refractivity contribution is 7.73. The van der Waals surface area contributed by atoms with Crippen LogP contribution in [0.1, 0.15) is 0 Å². The van der Waals surface area contributed by atoms with Crippen molar-refractivity contribution in [2.75, 3.05) is 0 Å². The monoisotopic (exact) mass is 210 g/mol. The van der Waals surface area contributed by atoms with Gasteiger partial charge in [-0.25, -0.2) is 0 Å². The third kappa shape index (κ3) is 3.12. The molecule has 0 spiro atoms. The summed E-state index contributed by atoms with van der Waals surface area (Å²) in [5.74, 6) is 0. The fourth-order valence-corrected chi connectivity index (χ4v) is 1.76. The summed E-state index contributed by atoms with van der Waals surface area (Å²) in [6.07, 6.45) is 0. The first kappa shape index (κ1) is 10.6. The third-order valence-electron chi connectivity index (χ3n) is 0.555. The van der Waals surface area contributed by atoms with E-state index in [0.717, 1.165) is 0 Å². The van der Waals surface area contributed by atoms with Crippen LogP contribution in [0.2, 0.25) is 0 Å². The molecule has 0 radical (unpaired) electrons. The lowest BCUT2D eigenvalue weighted by atomic mass is 11.9. The summed E-state index contributed by atoms with van der Waals surface area (Å²) in [5.41, 5.74) is 0. The minimum atomic E-state index is -4.88. The van der Waals surface area contributed by atoms with Crippen molar-refractivity contribution in [2.45, 2.75) is 4.86 Å². The van der Waals surface area contributed by atoms with Gasteiger partial charge in [0, 0.05) is 0 Å². The Labute approximate surface area is 61.1 Å². The first-order chi connectivity index (χ1) is 4.15. The molecule has 6 nitrogen and oxygen atoms in total. The molecule has 0 aromatic heterocycles. The lowest BCUT2D eigenvalue weighted by molar-refractivity contribution is 0.351. The highest BCUT2D eigenvalue weighted by Crippen LogP contribution is 2.61. The first-order valence-corrected chi connectivity index (χ1v) is 5.70. The van der Waals surface area contributed by atoms with Crippen LogP contribution in [0.25, 0.3) is 0 Å². The Bertz CT molecular complexity index is 178. The van der Waals surface area contributed by atoms with Crippen LogP contribution >= 0.6 is 26.8 Å². The summed E-state index contributed by atoms with van der Waals surface area (Å²) in [4.78, 5) is 30.0. The van der Waals surface area contributed by atoms with Gasteiger partial charge in [0.1, 0.15) is 0 Å². The largest absolute Gasteiger partial charge is 0.355 e. The van der Waals surface area contributed by atoms with E-state index in [1.54, 1.807) is 0 Å². The molecule has 4 N–H and O–H groups in total. The van der Waals surface area contributed by atoms with E-state index in [1.807, 2.05) is 0 Å². The Morgan fingerprint density at radius 1 is 1.00 bits per heavy atom. The average molecular weight is 210 g/mol. The highest BCUT2D eigenvalue weighted by Gasteiger charge is 2.41. The predicted molar refractivity (Wildman–Crippen MR) is 33.7 cm³/mol. The molecule has 9 heteroatoms. The van der Waals surface area contributed by atoms with Crippen molar-refractivity contribution in [1.29, 1.82) is 0 Å². The molecule has 0 unspecified atom stereocenters. The minimum absolute atomic E-state index is 2.43. The van der Waals surface area contributed by atoms with Gasteiger partial charge in [-0.3, -0.25) is 9.13 Å². The molecule has 0 atom stereocenters. The molecule has 0 aliphatic heterocycles. The average Bonchev–Trinajstić information content (AvgIpc) is 1.59. The second kappa shape index (κ2) is 2.91. The predicted octanol–water partition coefficient (Wildman–Crippen LogP) is -0.136. The van der Waals surface area contributed by atoms with E-state index in [1.165, 1.54) is 0 Å². The van der Waals surface area contributed by atoms with Crippen molar-refractivity contribution in [3.63, 3.8) is 0 Å². The van der Waals surface area contributed by atoms with Crippen molar-refractivity contribution in [3.8, 4) is 0 Å². The number of rotatable bonds is 2. The maximum absolute atomic E-state index is 10.0. The van der Waals surface area contributed by atoms with Crippen LogP contribution in [-0.4, -0.2) is 24.4 Å². The van der Waals surface area contributed by atoms with Crippen molar-refractivity contribution in [2.24, 2.45) is 0 Å². The van der Waals surface area contributed by atoms with Gasteiger partial charge in [0.05, 0.1) is 0 Å². The second-order valence-electron chi connectivity index (χ2n) is 1.49. The van der Waals surface area contributed by atoms with Crippen LogP contribution in [0.3, 0.4) is 0 Å². The van der Waals surface area contributed by atoms with E-state index in [-0.39, 0.29) is 0 Å². The summed E-state index contributed by atoms with van der Waals surface area (Å²) < 4.78 is 20.1. The normalized spacial score (nSPS) is 14.2. The molecule has 0 saturated heterocycles. The molecule has 0 aromatic rings. The zero-order chi connectivity index (χ0) is 8.58. The van der Waals surface area contributed by atoms with Crippen LogP contribution in [0.5, 0.6) is 0 Å². The van der Waals surface area contributed by atoms with Gasteiger partial charge in [-0.1, -0.05) is 11.6 Å². The van der Waals surface area contributed by atoms with Gasteiger partial charge in [0.2, 0.25) is 4.86 Å². The quantitative estimate of drug-likeness (QED) is 0.373. The van der Waals surface area contributed by atoms with Gasteiger partial charge in [-0.05, 0) is 0 Å². The van der Waals surface area contributed by atoms with E-state index < -0.39 is 20.1 Å². The van der Waals surface area contributed by atoms with E-state index >= 15 is 0 Å². The molecular weight excluding hydrogens is 205 g/mol. The molecule has 0 aliphatic rings. The van der Waals surface area contributed by atoms with Crippen molar-refractivity contribution < 1.29 is 28.7 Å². The molecule has 10 heavy (non-hydrogen) atoms. The topological polar surface area (TPSA) is 115 Å². The standard InChI is InChI=1S/CH5ClO6P2/c2-1(9(3,4)5)10(6,7)8/h1H,(H2,3,4,5)(H2,6,7,8). The smallest absolute Gasteiger partial charge is 0.323 e. The SMILES string of the molecule is O=P(O)(O)C(Cl)P(=O)(O)O. The van der Waals surface area contributed by atoms with E-state index in [0.29, 0.717) is 0 Å². The van der Waals surface area contributed by atoms with E-state index in [9.17, 15) is 9.13 Å². The molecule has 0 heterocycles. The van der Waals surface area contributed by atoms with Crippen LogP contribution in [0.15, 0.2) is 0 Å². The van der Waals surface area contributed by atoms with E-state index in [4.69, 9.17) is 31.2 Å². The van der Waals surface area contributed by atoms with Gasteiger partial charge in [0.15, 0.2) is 0 Å². The van der Waals surface area contributed by atoms with Crippen LogP contribution in [-0.2, 0) is 9.13 Å². The Hall–Kier alpha value is 0.590. The van der Waals surface area contributed by atoms with Crippen molar-refractivity contribution >= 4 is 26.8 Å². The Balaban J connectivity index is 4.56. The summed E-state index contributed by atoms with van der Waals surface area (Å²) in [6.45, 7) is 0. The summed E-state index contributed by atoms with van der Waals surface area (Å²) in [5, 5.41) is 0. The fraction of sp³-hybridized carbons (Fsp3) is 1.00. The molecule has 0 rings (SSSR count). The van der Waals surface area contributed by atoms with Gasteiger partial charge in [-0.2, -0.15) is 0 Å². The first-order valence-electron chi connectivity index (χ1n) is 1.90.